The number of aromatic nitrogens is 3. The second kappa shape index (κ2) is 6.75. The lowest BCUT2D eigenvalue weighted by Gasteiger charge is -2.25. The number of carboxylic acid groups (broad SMARTS) is 1. The fraction of sp³-hybridized carbons (Fsp3) is 0.261. The summed E-state index contributed by atoms with van der Waals surface area (Å²) in [6, 6.07) is 14.0. The number of imidazole rings is 1. The summed E-state index contributed by atoms with van der Waals surface area (Å²) in [5, 5.41) is 11.6. The highest BCUT2D eigenvalue weighted by Crippen LogP contribution is 2.36. The molecule has 1 aliphatic rings. The Labute approximate surface area is 162 Å². The average molecular weight is 371 g/mol. The fourth-order valence-electron chi connectivity index (χ4n) is 4.37. The molecule has 0 unspecified atom stereocenters. The first-order valence-corrected chi connectivity index (χ1v) is 9.80. The Balaban J connectivity index is 1.73. The molecule has 0 atom stereocenters. The van der Waals surface area contributed by atoms with Crippen molar-refractivity contribution in [3.05, 3.63) is 60.4 Å². The normalized spacial score (nSPS) is 15.3. The molecule has 1 saturated carbocycles. The third kappa shape index (κ3) is 2.83. The Morgan fingerprint density at radius 1 is 1.00 bits per heavy atom. The highest BCUT2D eigenvalue weighted by atomic mass is 16.4. The SMILES string of the molecule is O=C(O)c1ccc2c(c1)nc(-c1ccc3ccncc3c1)n2C1CCCCC1. The molecule has 5 heteroatoms. The van der Waals surface area contributed by atoms with Crippen LogP contribution in [-0.2, 0) is 0 Å². The first-order chi connectivity index (χ1) is 13.7. The molecule has 5 nitrogen and oxygen atoms in total. The summed E-state index contributed by atoms with van der Waals surface area (Å²) in [7, 11) is 0. The van der Waals surface area contributed by atoms with Crippen LogP contribution < -0.4 is 0 Å². The molecule has 140 valence electrons. The topological polar surface area (TPSA) is 68.0 Å². The second-order valence-corrected chi connectivity index (χ2v) is 7.54. The molecular weight excluding hydrogens is 350 g/mol. The Kier molecular flexibility index (Phi) is 4.08. The van der Waals surface area contributed by atoms with Crippen molar-refractivity contribution in [2.75, 3.05) is 0 Å². The van der Waals surface area contributed by atoms with Gasteiger partial charge in [-0.2, -0.15) is 0 Å². The molecule has 0 spiro atoms. The highest BCUT2D eigenvalue weighted by molar-refractivity contribution is 5.94. The molecule has 2 heterocycles. The van der Waals surface area contributed by atoms with E-state index in [9.17, 15) is 9.90 Å². The molecule has 2 aromatic heterocycles. The summed E-state index contributed by atoms with van der Waals surface area (Å²) in [5.41, 5.74) is 3.07. The standard InChI is InChI=1S/C23H21N3O2/c27-23(28)17-8-9-21-20(13-17)25-22(26(21)19-4-2-1-3-5-19)16-7-6-15-10-11-24-14-18(15)12-16/h6-14,19H,1-5H2,(H,27,28). The molecule has 0 aliphatic heterocycles. The van der Waals surface area contributed by atoms with Gasteiger partial charge < -0.3 is 9.67 Å². The van der Waals surface area contributed by atoms with Crippen LogP contribution in [0, 0.1) is 0 Å². The summed E-state index contributed by atoms with van der Waals surface area (Å²) in [5.74, 6) is -0.0114. The van der Waals surface area contributed by atoms with Gasteiger partial charge in [-0.25, -0.2) is 9.78 Å². The van der Waals surface area contributed by atoms with Gasteiger partial charge in [0.15, 0.2) is 0 Å². The largest absolute Gasteiger partial charge is 0.478 e. The van der Waals surface area contributed by atoms with E-state index < -0.39 is 5.97 Å². The number of nitrogens with zero attached hydrogens (tertiary/aromatic N) is 3. The second-order valence-electron chi connectivity index (χ2n) is 7.54. The van der Waals surface area contributed by atoms with Crippen LogP contribution in [-0.4, -0.2) is 25.6 Å². The van der Waals surface area contributed by atoms with Gasteiger partial charge >= 0.3 is 5.97 Å². The van der Waals surface area contributed by atoms with E-state index in [1.807, 2.05) is 18.3 Å². The summed E-state index contributed by atoms with van der Waals surface area (Å²) in [6.45, 7) is 0. The number of benzene rings is 2. The van der Waals surface area contributed by atoms with Crippen molar-refractivity contribution in [2.45, 2.75) is 38.1 Å². The fourth-order valence-corrected chi connectivity index (χ4v) is 4.37. The van der Waals surface area contributed by atoms with Crippen molar-refractivity contribution < 1.29 is 9.90 Å². The van der Waals surface area contributed by atoms with Crippen LogP contribution in [0.1, 0.15) is 48.5 Å². The van der Waals surface area contributed by atoms with Gasteiger partial charge in [-0.1, -0.05) is 31.4 Å². The van der Waals surface area contributed by atoms with Crippen molar-refractivity contribution in [2.24, 2.45) is 0 Å². The van der Waals surface area contributed by atoms with E-state index in [0.29, 0.717) is 6.04 Å². The van der Waals surface area contributed by atoms with Crippen molar-refractivity contribution in [1.82, 2.24) is 14.5 Å². The number of hydrogen-bond acceptors (Lipinski definition) is 3. The van der Waals surface area contributed by atoms with E-state index >= 15 is 0 Å². The van der Waals surface area contributed by atoms with Crippen molar-refractivity contribution in [3.8, 4) is 11.4 Å². The number of fused-ring (bicyclic) bond motifs is 2. The van der Waals surface area contributed by atoms with Gasteiger partial charge in [0.2, 0.25) is 0 Å². The van der Waals surface area contributed by atoms with E-state index in [1.165, 1.54) is 19.3 Å². The zero-order valence-corrected chi connectivity index (χ0v) is 15.5. The van der Waals surface area contributed by atoms with Gasteiger partial charge in [0, 0.05) is 29.4 Å². The minimum Gasteiger partial charge on any atom is -0.478 e. The Morgan fingerprint density at radius 3 is 2.68 bits per heavy atom. The molecule has 0 amide bonds. The maximum atomic E-state index is 11.4. The molecule has 1 fully saturated rings. The first kappa shape index (κ1) is 16.9. The predicted molar refractivity (Wildman–Crippen MR) is 110 cm³/mol. The van der Waals surface area contributed by atoms with Crippen LogP contribution in [0.25, 0.3) is 33.2 Å². The number of carboxylic acids is 1. The molecule has 1 N–H and O–H groups in total. The third-order valence-corrected chi connectivity index (χ3v) is 5.78. The van der Waals surface area contributed by atoms with E-state index in [1.54, 1.807) is 18.3 Å². The summed E-state index contributed by atoms with van der Waals surface area (Å²) >= 11 is 0. The van der Waals surface area contributed by atoms with Crippen LogP contribution >= 0.6 is 0 Å². The number of aromatic carboxylic acids is 1. The zero-order valence-electron chi connectivity index (χ0n) is 15.5. The monoisotopic (exact) mass is 371 g/mol. The quantitative estimate of drug-likeness (QED) is 0.519. The van der Waals surface area contributed by atoms with Crippen LogP contribution in [0.15, 0.2) is 54.9 Å². The predicted octanol–water partition coefficient (Wildman–Crippen LogP) is 5.45. The molecule has 0 bridgehead atoms. The summed E-state index contributed by atoms with van der Waals surface area (Å²) < 4.78 is 2.33. The Morgan fingerprint density at radius 2 is 1.86 bits per heavy atom. The summed E-state index contributed by atoms with van der Waals surface area (Å²) in [4.78, 5) is 20.5. The summed E-state index contributed by atoms with van der Waals surface area (Å²) in [6.07, 6.45) is 9.66. The van der Waals surface area contributed by atoms with Crippen LogP contribution in [0.5, 0.6) is 0 Å². The number of carbonyl (C=O) groups is 1. The average Bonchev–Trinajstić information content (AvgIpc) is 3.12. The maximum absolute atomic E-state index is 11.4. The maximum Gasteiger partial charge on any atom is 0.335 e. The van der Waals surface area contributed by atoms with Gasteiger partial charge in [-0.3, -0.25) is 4.98 Å². The molecule has 4 aromatic rings. The molecule has 2 aromatic carbocycles. The van der Waals surface area contributed by atoms with Gasteiger partial charge in [0.05, 0.1) is 16.6 Å². The van der Waals surface area contributed by atoms with Crippen LogP contribution in [0.4, 0.5) is 0 Å². The van der Waals surface area contributed by atoms with Crippen LogP contribution in [0.3, 0.4) is 0 Å². The minimum atomic E-state index is -0.924. The lowest BCUT2D eigenvalue weighted by atomic mass is 9.94. The zero-order chi connectivity index (χ0) is 19.1. The van der Waals surface area contributed by atoms with Gasteiger partial charge in [-0.15, -0.1) is 0 Å². The van der Waals surface area contributed by atoms with Crippen molar-refractivity contribution in [3.63, 3.8) is 0 Å². The number of pyridine rings is 1. The third-order valence-electron chi connectivity index (χ3n) is 5.78. The van der Waals surface area contributed by atoms with E-state index in [2.05, 4.69) is 27.8 Å². The lowest BCUT2D eigenvalue weighted by molar-refractivity contribution is 0.0697. The van der Waals surface area contributed by atoms with Crippen molar-refractivity contribution in [1.29, 1.82) is 0 Å². The van der Waals surface area contributed by atoms with Crippen molar-refractivity contribution >= 4 is 27.8 Å². The molecule has 1 aliphatic carbocycles. The van der Waals surface area contributed by atoms with E-state index in [-0.39, 0.29) is 5.56 Å². The molecular formula is C23H21N3O2. The molecule has 28 heavy (non-hydrogen) atoms. The Hall–Kier alpha value is -3.21. The minimum absolute atomic E-state index is 0.273. The first-order valence-electron chi connectivity index (χ1n) is 9.80. The molecule has 0 saturated heterocycles. The van der Waals surface area contributed by atoms with Gasteiger partial charge in [0.1, 0.15) is 5.82 Å². The smallest absolute Gasteiger partial charge is 0.335 e. The number of rotatable bonds is 3. The van der Waals surface area contributed by atoms with Gasteiger partial charge in [0.25, 0.3) is 0 Å². The Bertz CT molecular complexity index is 1190. The molecule has 0 radical (unpaired) electrons. The van der Waals surface area contributed by atoms with Crippen LogP contribution in [0.2, 0.25) is 0 Å². The highest BCUT2D eigenvalue weighted by Gasteiger charge is 2.23. The van der Waals surface area contributed by atoms with Gasteiger partial charge in [-0.05, 0) is 48.6 Å². The molecule has 5 rings (SSSR count). The lowest BCUT2D eigenvalue weighted by Crippen LogP contribution is -2.14. The number of hydrogen-bond donors (Lipinski definition) is 1. The van der Waals surface area contributed by atoms with E-state index in [0.717, 1.165) is 46.0 Å². The van der Waals surface area contributed by atoms with E-state index in [4.69, 9.17) is 4.98 Å².